The van der Waals surface area contributed by atoms with Crippen molar-refractivity contribution in [2.75, 3.05) is 5.75 Å². The second-order valence-corrected chi connectivity index (χ2v) is 8.82. The zero-order valence-corrected chi connectivity index (χ0v) is 19.6. The molecule has 0 aliphatic carbocycles. The first kappa shape index (κ1) is 22.4. The molecule has 1 aromatic heterocycles. The topological polar surface area (TPSA) is 59.3 Å². The van der Waals surface area contributed by atoms with Crippen LogP contribution in [-0.4, -0.2) is 26.9 Å². The summed E-state index contributed by atoms with van der Waals surface area (Å²) in [5.74, 6) is -0.0525. The normalized spacial score (nSPS) is 11.7. The Balaban J connectivity index is 1.49. The maximum atomic E-state index is 12.4. The molecular formula is C24H20Cl2N4OS. The Bertz CT molecular complexity index is 1300. The summed E-state index contributed by atoms with van der Waals surface area (Å²) >= 11 is 13.9. The number of amides is 1. The average Bonchev–Trinajstić information content (AvgIpc) is 3.15. The summed E-state index contributed by atoms with van der Waals surface area (Å²) in [6, 6.07) is 23.0. The number of fused-ring (bicyclic) bond motifs is 1. The van der Waals surface area contributed by atoms with Gasteiger partial charge in [-0.1, -0.05) is 83.5 Å². The second-order valence-electron chi connectivity index (χ2n) is 7.06. The Labute approximate surface area is 200 Å². The van der Waals surface area contributed by atoms with Crippen LogP contribution in [0.4, 0.5) is 0 Å². The lowest BCUT2D eigenvalue weighted by Crippen LogP contribution is -2.21. The van der Waals surface area contributed by atoms with Crippen LogP contribution in [0.3, 0.4) is 0 Å². The van der Waals surface area contributed by atoms with Gasteiger partial charge in [-0.25, -0.2) is 10.4 Å². The van der Waals surface area contributed by atoms with E-state index >= 15 is 0 Å². The van der Waals surface area contributed by atoms with Crippen LogP contribution in [0.5, 0.6) is 0 Å². The van der Waals surface area contributed by atoms with Crippen molar-refractivity contribution in [3.63, 3.8) is 0 Å². The summed E-state index contributed by atoms with van der Waals surface area (Å²) in [4.78, 5) is 17.2. The lowest BCUT2D eigenvalue weighted by Gasteiger charge is -2.10. The zero-order chi connectivity index (χ0) is 22.5. The van der Waals surface area contributed by atoms with Gasteiger partial charge in [0.2, 0.25) is 0 Å². The van der Waals surface area contributed by atoms with Crippen LogP contribution in [0.15, 0.2) is 83.1 Å². The van der Waals surface area contributed by atoms with Gasteiger partial charge in [0.25, 0.3) is 5.91 Å². The first-order valence-corrected chi connectivity index (χ1v) is 11.7. The molecule has 5 nitrogen and oxygen atoms in total. The van der Waals surface area contributed by atoms with Crippen molar-refractivity contribution in [3.8, 4) is 0 Å². The third-order valence-electron chi connectivity index (χ3n) is 4.85. The Hall–Kier alpha value is -2.80. The van der Waals surface area contributed by atoms with E-state index in [-0.39, 0.29) is 11.7 Å². The number of imidazole rings is 1. The lowest BCUT2D eigenvalue weighted by molar-refractivity contribution is -0.118. The fraction of sp³-hybridized carbons (Fsp3) is 0.125. The molecule has 0 fully saturated rings. The molecule has 3 aromatic carbocycles. The van der Waals surface area contributed by atoms with Gasteiger partial charge in [0.1, 0.15) is 0 Å². The molecule has 1 N–H and O–H groups in total. The van der Waals surface area contributed by atoms with Crippen LogP contribution in [0.2, 0.25) is 10.0 Å². The van der Waals surface area contributed by atoms with Gasteiger partial charge in [-0.05, 0) is 36.8 Å². The maximum Gasteiger partial charge on any atom is 0.250 e. The molecule has 0 aliphatic heterocycles. The average molecular weight is 483 g/mol. The first-order chi connectivity index (χ1) is 15.5. The van der Waals surface area contributed by atoms with E-state index in [9.17, 15) is 4.79 Å². The first-order valence-electron chi connectivity index (χ1n) is 9.92. The van der Waals surface area contributed by atoms with Gasteiger partial charge in [-0.3, -0.25) is 4.79 Å². The Morgan fingerprint density at radius 2 is 1.69 bits per heavy atom. The number of aromatic nitrogens is 2. The van der Waals surface area contributed by atoms with Crippen molar-refractivity contribution in [3.05, 3.63) is 94.0 Å². The van der Waals surface area contributed by atoms with Crippen molar-refractivity contribution in [2.24, 2.45) is 5.10 Å². The molecule has 32 heavy (non-hydrogen) atoms. The number of hydrogen-bond donors (Lipinski definition) is 1. The fourth-order valence-corrected chi connectivity index (χ4v) is 4.51. The van der Waals surface area contributed by atoms with Crippen LogP contribution in [0.25, 0.3) is 11.0 Å². The molecule has 0 radical (unpaired) electrons. The number of para-hydroxylation sites is 2. The number of benzene rings is 3. The number of thioether (sulfide) groups is 1. The summed E-state index contributed by atoms with van der Waals surface area (Å²) in [5.41, 5.74) is 6.87. The van der Waals surface area contributed by atoms with Gasteiger partial charge in [-0.15, -0.1) is 0 Å². The molecule has 0 aliphatic rings. The minimum absolute atomic E-state index is 0.172. The molecule has 4 rings (SSSR count). The lowest BCUT2D eigenvalue weighted by atomic mass is 10.1. The van der Waals surface area contributed by atoms with E-state index in [2.05, 4.69) is 15.1 Å². The highest BCUT2D eigenvalue weighted by molar-refractivity contribution is 7.99. The fourth-order valence-electron chi connectivity index (χ4n) is 3.24. The van der Waals surface area contributed by atoms with Crippen molar-refractivity contribution < 1.29 is 4.79 Å². The summed E-state index contributed by atoms with van der Waals surface area (Å²) in [7, 11) is 0. The maximum absolute atomic E-state index is 12.4. The van der Waals surface area contributed by atoms with Crippen LogP contribution in [-0.2, 0) is 11.3 Å². The molecule has 0 unspecified atom stereocenters. The van der Waals surface area contributed by atoms with E-state index in [0.717, 1.165) is 27.3 Å². The Morgan fingerprint density at radius 1 is 1.00 bits per heavy atom. The van der Waals surface area contributed by atoms with E-state index < -0.39 is 0 Å². The highest BCUT2D eigenvalue weighted by Gasteiger charge is 2.14. The summed E-state index contributed by atoms with van der Waals surface area (Å²) < 4.78 is 2.08. The summed E-state index contributed by atoms with van der Waals surface area (Å²) in [6.07, 6.45) is 0. The van der Waals surface area contributed by atoms with Gasteiger partial charge >= 0.3 is 0 Å². The van der Waals surface area contributed by atoms with Gasteiger partial charge in [-0.2, -0.15) is 5.10 Å². The number of carbonyl (C=O) groups excluding carboxylic acids is 1. The van der Waals surface area contributed by atoms with Crippen LogP contribution in [0.1, 0.15) is 18.1 Å². The Morgan fingerprint density at radius 3 is 2.47 bits per heavy atom. The zero-order valence-electron chi connectivity index (χ0n) is 17.3. The van der Waals surface area contributed by atoms with E-state index in [0.29, 0.717) is 22.3 Å². The Kier molecular flexibility index (Phi) is 7.15. The molecule has 4 aromatic rings. The van der Waals surface area contributed by atoms with Gasteiger partial charge in [0, 0.05) is 15.6 Å². The summed E-state index contributed by atoms with van der Waals surface area (Å²) in [6.45, 7) is 2.37. The number of rotatable bonds is 7. The molecule has 0 spiro atoms. The van der Waals surface area contributed by atoms with Crippen molar-refractivity contribution in [1.29, 1.82) is 0 Å². The second kappa shape index (κ2) is 10.2. The molecule has 0 atom stereocenters. The molecule has 0 saturated heterocycles. The molecule has 162 valence electrons. The predicted molar refractivity (Wildman–Crippen MR) is 133 cm³/mol. The number of hydrazone groups is 1. The number of nitrogens with one attached hydrogen (secondary N) is 1. The van der Waals surface area contributed by atoms with Gasteiger partial charge in [0.15, 0.2) is 5.16 Å². The molecule has 1 heterocycles. The number of nitrogens with zero attached hydrogens (tertiary/aromatic N) is 3. The third kappa shape index (κ3) is 5.15. The molecule has 1 amide bonds. The van der Waals surface area contributed by atoms with E-state index in [4.69, 9.17) is 28.2 Å². The third-order valence-corrected chi connectivity index (χ3v) is 6.52. The molecule has 0 saturated carbocycles. The van der Waals surface area contributed by atoms with E-state index in [1.54, 1.807) is 13.0 Å². The highest BCUT2D eigenvalue weighted by atomic mass is 35.5. The standard InChI is InChI=1S/C24H20Cl2N4OS/c1-16(18-9-3-5-11-20(18)26)28-29-23(31)15-32-24-27-21-12-6-7-13-22(21)30(24)14-17-8-2-4-10-19(17)25/h2-13H,14-15H2,1H3,(H,29,31)/b28-16+. The van der Waals surface area contributed by atoms with Crippen LogP contribution >= 0.6 is 35.0 Å². The van der Waals surface area contributed by atoms with Crippen molar-refractivity contribution in [2.45, 2.75) is 18.6 Å². The number of halogens is 2. The minimum atomic E-state index is -0.224. The minimum Gasteiger partial charge on any atom is -0.314 e. The highest BCUT2D eigenvalue weighted by Crippen LogP contribution is 2.27. The quantitative estimate of drug-likeness (QED) is 0.199. The summed E-state index contributed by atoms with van der Waals surface area (Å²) in [5, 5.41) is 6.22. The van der Waals surface area contributed by atoms with Gasteiger partial charge < -0.3 is 4.57 Å². The van der Waals surface area contributed by atoms with Crippen LogP contribution in [0, 0.1) is 0 Å². The van der Waals surface area contributed by atoms with Gasteiger partial charge in [0.05, 0.1) is 29.0 Å². The number of carbonyl (C=O) groups is 1. The SMILES string of the molecule is C/C(=N\NC(=O)CSc1nc2ccccc2n1Cc1ccccc1Cl)c1ccccc1Cl. The monoisotopic (exact) mass is 482 g/mol. The molecule has 0 bridgehead atoms. The number of hydrogen-bond acceptors (Lipinski definition) is 4. The smallest absolute Gasteiger partial charge is 0.250 e. The van der Waals surface area contributed by atoms with E-state index in [1.807, 2.05) is 66.7 Å². The predicted octanol–water partition coefficient (Wildman–Crippen LogP) is 6.02. The van der Waals surface area contributed by atoms with E-state index in [1.165, 1.54) is 11.8 Å². The van der Waals surface area contributed by atoms with Crippen molar-refractivity contribution in [1.82, 2.24) is 15.0 Å². The molecule has 8 heteroatoms. The van der Waals surface area contributed by atoms with Crippen LogP contribution < -0.4 is 5.43 Å². The molecular weight excluding hydrogens is 463 g/mol. The van der Waals surface area contributed by atoms with Crippen molar-refractivity contribution >= 4 is 57.6 Å². The largest absolute Gasteiger partial charge is 0.314 e.